The Morgan fingerprint density at radius 1 is 1.27 bits per heavy atom. The average molecular weight is 206 g/mol. The van der Waals surface area contributed by atoms with Gasteiger partial charge < -0.3 is 9.47 Å². The lowest BCUT2D eigenvalue weighted by atomic mass is 10.1. The molecule has 0 aromatic heterocycles. The predicted octanol–water partition coefficient (Wildman–Crippen LogP) is 2.43. The SMILES string of the molecule is CCC[C@H]1OC(=O)[C@@H](c2ccccc2)O1. The van der Waals surface area contributed by atoms with Crippen LogP contribution in [0.2, 0.25) is 0 Å². The molecule has 1 heterocycles. The van der Waals surface area contributed by atoms with E-state index in [9.17, 15) is 4.79 Å². The summed E-state index contributed by atoms with van der Waals surface area (Å²) < 4.78 is 10.6. The number of carbonyl (C=O) groups excluding carboxylic acids is 1. The van der Waals surface area contributed by atoms with Crippen LogP contribution in [0.15, 0.2) is 30.3 Å². The van der Waals surface area contributed by atoms with Crippen LogP contribution in [0.4, 0.5) is 0 Å². The molecule has 1 aromatic carbocycles. The number of hydrogen-bond donors (Lipinski definition) is 0. The van der Waals surface area contributed by atoms with Gasteiger partial charge in [-0.2, -0.15) is 0 Å². The Morgan fingerprint density at radius 2 is 2.00 bits per heavy atom. The highest BCUT2D eigenvalue weighted by atomic mass is 16.7. The molecule has 15 heavy (non-hydrogen) atoms. The fourth-order valence-electron chi connectivity index (χ4n) is 1.63. The minimum Gasteiger partial charge on any atom is -0.434 e. The summed E-state index contributed by atoms with van der Waals surface area (Å²) in [4.78, 5) is 11.5. The highest BCUT2D eigenvalue weighted by molar-refractivity contribution is 5.77. The standard InChI is InChI=1S/C12H14O3/c1-2-6-10-14-11(12(13)15-10)9-7-4-3-5-8-9/h3-5,7-8,10-11H,2,6H2,1H3/t10-,11-/m1/s1. The first-order valence-corrected chi connectivity index (χ1v) is 5.22. The van der Waals surface area contributed by atoms with Crippen molar-refractivity contribution >= 4 is 5.97 Å². The first kappa shape index (κ1) is 10.2. The Balaban J connectivity index is 2.09. The van der Waals surface area contributed by atoms with Crippen LogP contribution >= 0.6 is 0 Å². The highest BCUT2D eigenvalue weighted by Gasteiger charge is 2.35. The second kappa shape index (κ2) is 4.45. The topological polar surface area (TPSA) is 35.5 Å². The van der Waals surface area contributed by atoms with Gasteiger partial charge in [0.15, 0.2) is 6.10 Å². The van der Waals surface area contributed by atoms with Gasteiger partial charge in [-0.15, -0.1) is 0 Å². The van der Waals surface area contributed by atoms with E-state index >= 15 is 0 Å². The van der Waals surface area contributed by atoms with Crippen molar-refractivity contribution in [1.29, 1.82) is 0 Å². The Morgan fingerprint density at radius 3 is 2.67 bits per heavy atom. The molecular formula is C12H14O3. The molecule has 1 aliphatic heterocycles. The summed E-state index contributed by atoms with van der Waals surface area (Å²) >= 11 is 0. The maximum Gasteiger partial charge on any atom is 0.342 e. The summed E-state index contributed by atoms with van der Waals surface area (Å²) in [6.45, 7) is 2.03. The molecule has 3 nitrogen and oxygen atoms in total. The molecule has 2 rings (SSSR count). The number of benzene rings is 1. The number of hydrogen-bond acceptors (Lipinski definition) is 3. The fraction of sp³-hybridized carbons (Fsp3) is 0.417. The molecule has 2 atom stereocenters. The monoisotopic (exact) mass is 206 g/mol. The van der Waals surface area contributed by atoms with Gasteiger partial charge in [0.05, 0.1) is 0 Å². The Kier molecular flexibility index (Phi) is 3.02. The zero-order valence-corrected chi connectivity index (χ0v) is 8.68. The number of ether oxygens (including phenoxy) is 2. The van der Waals surface area contributed by atoms with Gasteiger partial charge >= 0.3 is 5.97 Å². The van der Waals surface area contributed by atoms with Gasteiger partial charge in [-0.3, -0.25) is 0 Å². The Hall–Kier alpha value is -1.35. The van der Waals surface area contributed by atoms with Crippen LogP contribution in [0.5, 0.6) is 0 Å². The molecule has 0 N–H and O–H groups in total. The van der Waals surface area contributed by atoms with Crippen LogP contribution in [0.25, 0.3) is 0 Å². The van der Waals surface area contributed by atoms with E-state index in [1.54, 1.807) is 0 Å². The summed E-state index contributed by atoms with van der Waals surface area (Å²) in [5.41, 5.74) is 0.862. The minimum absolute atomic E-state index is 0.278. The maximum atomic E-state index is 11.5. The second-order valence-corrected chi connectivity index (χ2v) is 3.58. The van der Waals surface area contributed by atoms with E-state index in [0.29, 0.717) is 0 Å². The van der Waals surface area contributed by atoms with Crippen LogP contribution in [0.1, 0.15) is 31.4 Å². The Labute approximate surface area is 89.0 Å². The predicted molar refractivity (Wildman–Crippen MR) is 55.1 cm³/mol. The lowest BCUT2D eigenvalue weighted by Gasteiger charge is -2.07. The molecule has 3 heteroatoms. The molecule has 0 spiro atoms. The molecule has 1 aromatic rings. The van der Waals surface area contributed by atoms with E-state index < -0.39 is 6.10 Å². The molecule has 0 aliphatic carbocycles. The molecule has 0 amide bonds. The highest BCUT2D eigenvalue weighted by Crippen LogP contribution is 2.29. The quantitative estimate of drug-likeness (QED) is 0.712. The zero-order valence-electron chi connectivity index (χ0n) is 8.68. The van der Waals surface area contributed by atoms with Crippen molar-refractivity contribution in [2.75, 3.05) is 0 Å². The average Bonchev–Trinajstić information content (AvgIpc) is 2.61. The van der Waals surface area contributed by atoms with Crippen molar-refractivity contribution in [3.63, 3.8) is 0 Å². The van der Waals surface area contributed by atoms with E-state index in [0.717, 1.165) is 18.4 Å². The van der Waals surface area contributed by atoms with Gasteiger partial charge in [0.25, 0.3) is 0 Å². The normalized spacial score (nSPS) is 25.3. The van der Waals surface area contributed by atoms with Gasteiger partial charge in [0.2, 0.25) is 6.29 Å². The minimum atomic E-state index is -0.539. The van der Waals surface area contributed by atoms with Crippen molar-refractivity contribution in [2.45, 2.75) is 32.2 Å². The van der Waals surface area contributed by atoms with E-state index in [-0.39, 0.29) is 12.3 Å². The summed E-state index contributed by atoms with van der Waals surface area (Å²) in [5, 5.41) is 0. The molecule has 0 bridgehead atoms. The lowest BCUT2D eigenvalue weighted by Crippen LogP contribution is -2.06. The van der Waals surface area contributed by atoms with Crippen molar-refractivity contribution in [3.05, 3.63) is 35.9 Å². The second-order valence-electron chi connectivity index (χ2n) is 3.58. The smallest absolute Gasteiger partial charge is 0.342 e. The molecule has 1 aliphatic rings. The summed E-state index contributed by atoms with van der Waals surface area (Å²) in [6, 6.07) is 9.44. The van der Waals surface area contributed by atoms with E-state index in [4.69, 9.17) is 9.47 Å². The lowest BCUT2D eigenvalue weighted by molar-refractivity contribution is -0.143. The zero-order chi connectivity index (χ0) is 10.7. The van der Waals surface area contributed by atoms with Gasteiger partial charge in [0.1, 0.15) is 0 Å². The van der Waals surface area contributed by atoms with E-state index in [2.05, 4.69) is 0 Å². The molecule has 80 valence electrons. The molecule has 0 unspecified atom stereocenters. The number of cyclic esters (lactones) is 1. The van der Waals surface area contributed by atoms with E-state index in [1.807, 2.05) is 37.3 Å². The van der Waals surface area contributed by atoms with Crippen molar-refractivity contribution < 1.29 is 14.3 Å². The van der Waals surface area contributed by atoms with E-state index in [1.165, 1.54) is 0 Å². The summed E-state index contributed by atoms with van der Waals surface area (Å²) in [5.74, 6) is -0.278. The molecule has 1 saturated heterocycles. The third-order valence-electron chi connectivity index (χ3n) is 2.38. The molecule has 0 saturated carbocycles. The fourth-order valence-corrected chi connectivity index (χ4v) is 1.63. The van der Waals surface area contributed by atoms with Crippen LogP contribution in [0.3, 0.4) is 0 Å². The van der Waals surface area contributed by atoms with Crippen molar-refractivity contribution in [3.8, 4) is 0 Å². The molecule has 0 radical (unpaired) electrons. The number of rotatable bonds is 3. The molecular weight excluding hydrogens is 192 g/mol. The van der Waals surface area contributed by atoms with Gasteiger partial charge in [-0.1, -0.05) is 43.7 Å². The number of esters is 1. The van der Waals surface area contributed by atoms with Crippen LogP contribution < -0.4 is 0 Å². The summed E-state index contributed by atoms with van der Waals surface area (Å²) in [6.07, 6.45) is 0.796. The number of carbonyl (C=O) groups is 1. The van der Waals surface area contributed by atoms with Gasteiger partial charge in [0, 0.05) is 6.42 Å². The van der Waals surface area contributed by atoms with Crippen molar-refractivity contribution in [2.24, 2.45) is 0 Å². The largest absolute Gasteiger partial charge is 0.434 e. The van der Waals surface area contributed by atoms with Crippen LogP contribution in [-0.2, 0) is 14.3 Å². The van der Waals surface area contributed by atoms with Gasteiger partial charge in [-0.25, -0.2) is 4.79 Å². The maximum absolute atomic E-state index is 11.5. The van der Waals surface area contributed by atoms with Crippen LogP contribution in [-0.4, -0.2) is 12.3 Å². The molecule has 1 fully saturated rings. The van der Waals surface area contributed by atoms with Crippen molar-refractivity contribution in [1.82, 2.24) is 0 Å². The van der Waals surface area contributed by atoms with Gasteiger partial charge in [-0.05, 0) is 5.56 Å². The first-order chi connectivity index (χ1) is 7.31. The third-order valence-corrected chi connectivity index (χ3v) is 2.38. The summed E-state index contributed by atoms with van der Waals surface area (Å²) in [7, 11) is 0. The first-order valence-electron chi connectivity index (χ1n) is 5.22. The third kappa shape index (κ3) is 2.18. The Bertz CT molecular complexity index is 334. The van der Waals surface area contributed by atoms with Crippen LogP contribution in [0, 0.1) is 0 Å².